The molecule has 3 rings (SSSR count). The largest absolute Gasteiger partial charge is 0.366 e. The maximum absolute atomic E-state index is 13.9. The summed E-state index contributed by atoms with van der Waals surface area (Å²) >= 11 is 0. The van der Waals surface area contributed by atoms with Crippen LogP contribution in [0.15, 0.2) is 54.6 Å². The molecule has 0 radical (unpaired) electrons. The lowest BCUT2D eigenvalue weighted by Gasteiger charge is -2.36. The lowest BCUT2D eigenvalue weighted by atomic mass is 10.1. The summed E-state index contributed by atoms with van der Waals surface area (Å²) in [5.41, 5.74) is 1.67. The quantitative estimate of drug-likeness (QED) is 0.850. The van der Waals surface area contributed by atoms with E-state index in [4.69, 9.17) is 0 Å². The van der Waals surface area contributed by atoms with Gasteiger partial charge in [-0.05, 0) is 24.1 Å². The number of aryl methyl sites for hydroxylation is 1. The first-order valence-corrected chi connectivity index (χ1v) is 9.21. The fourth-order valence-electron chi connectivity index (χ4n) is 3.18. The number of piperazine rings is 1. The number of amides is 2. The molecule has 0 aliphatic carbocycles. The molecule has 1 heterocycles. The Morgan fingerprint density at radius 1 is 0.926 bits per heavy atom. The zero-order valence-electron chi connectivity index (χ0n) is 15.2. The maximum atomic E-state index is 13.9. The van der Waals surface area contributed by atoms with Gasteiger partial charge in [0.2, 0.25) is 11.8 Å². The second-order valence-electron chi connectivity index (χ2n) is 6.58. The van der Waals surface area contributed by atoms with Gasteiger partial charge in [-0.1, -0.05) is 42.5 Å². The molecule has 2 aromatic carbocycles. The number of carbonyl (C=O) groups excluding carboxylic acids is 2. The number of carbonyl (C=O) groups is 2. The minimum absolute atomic E-state index is 0.00726. The van der Waals surface area contributed by atoms with E-state index in [9.17, 15) is 14.0 Å². The molecule has 1 aliphatic rings. The summed E-state index contributed by atoms with van der Waals surface area (Å²) in [6, 6.07) is 16.4. The normalized spacial score (nSPS) is 14.1. The Kier molecular flexibility index (Phi) is 6.41. The number of benzene rings is 2. The number of nitrogens with zero attached hydrogens (tertiary/aromatic N) is 2. The Labute approximate surface area is 158 Å². The van der Waals surface area contributed by atoms with E-state index in [0.717, 1.165) is 5.56 Å². The van der Waals surface area contributed by atoms with Crippen molar-refractivity contribution < 1.29 is 14.0 Å². The minimum Gasteiger partial charge on any atom is -0.366 e. The molecule has 1 N–H and O–H groups in total. The van der Waals surface area contributed by atoms with Crippen LogP contribution in [0.5, 0.6) is 0 Å². The molecule has 2 aromatic rings. The molecule has 0 aromatic heterocycles. The third kappa shape index (κ3) is 5.29. The van der Waals surface area contributed by atoms with E-state index < -0.39 is 0 Å². The second kappa shape index (κ2) is 9.16. The minimum atomic E-state index is -0.247. The molecule has 27 heavy (non-hydrogen) atoms. The smallest absolute Gasteiger partial charge is 0.242 e. The van der Waals surface area contributed by atoms with E-state index in [0.29, 0.717) is 44.7 Å². The van der Waals surface area contributed by atoms with Gasteiger partial charge in [-0.25, -0.2) is 4.39 Å². The highest BCUT2D eigenvalue weighted by Gasteiger charge is 2.22. The summed E-state index contributed by atoms with van der Waals surface area (Å²) < 4.78 is 13.9. The molecule has 5 nitrogen and oxygen atoms in total. The Morgan fingerprint density at radius 2 is 1.59 bits per heavy atom. The maximum Gasteiger partial charge on any atom is 0.242 e. The first-order valence-electron chi connectivity index (χ1n) is 9.21. The predicted molar refractivity (Wildman–Crippen MR) is 103 cm³/mol. The van der Waals surface area contributed by atoms with Gasteiger partial charge < -0.3 is 15.1 Å². The van der Waals surface area contributed by atoms with E-state index in [1.165, 1.54) is 6.07 Å². The van der Waals surface area contributed by atoms with Crippen molar-refractivity contribution in [1.82, 2.24) is 10.2 Å². The van der Waals surface area contributed by atoms with Crippen molar-refractivity contribution in [3.8, 4) is 0 Å². The van der Waals surface area contributed by atoms with Gasteiger partial charge in [0.25, 0.3) is 0 Å². The number of rotatable bonds is 6. The first-order chi connectivity index (χ1) is 13.1. The van der Waals surface area contributed by atoms with Crippen molar-refractivity contribution in [2.75, 3.05) is 37.6 Å². The van der Waals surface area contributed by atoms with Crippen LogP contribution in [-0.4, -0.2) is 49.4 Å². The number of anilines is 1. The van der Waals surface area contributed by atoms with Crippen LogP contribution in [0, 0.1) is 5.82 Å². The summed E-state index contributed by atoms with van der Waals surface area (Å²) in [6.07, 6.45) is 1.01. The molecule has 0 atom stereocenters. The van der Waals surface area contributed by atoms with Crippen molar-refractivity contribution in [2.24, 2.45) is 0 Å². The van der Waals surface area contributed by atoms with Gasteiger partial charge in [-0.3, -0.25) is 9.59 Å². The summed E-state index contributed by atoms with van der Waals surface area (Å²) in [4.78, 5) is 27.9. The average molecular weight is 369 g/mol. The molecule has 0 spiro atoms. The van der Waals surface area contributed by atoms with Crippen molar-refractivity contribution in [2.45, 2.75) is 12.8 Å². The zero-order valence-corrected chi connectivity index (χ0v) is 15.2. The van der Waals surface area contributed by atoms with Gasteiger partial charge in [0.1, 0.15) is 5.82 Å². The molecule has 1 saturated heterocycles. The standard InChI is InChI=1S/C21H24FN3O2/c22-18-8-4-5-9-19(18)24-12-14-25(15-13-24)21(27)16-23-20(26)11-10-17-6-2-1-3-7-17/h1-9H,10-16H2,(H,23,26). The topological polar surface area (TPSA) is 52.7 Å². The lowest BCUT2D eigenvalue weighted by molar-refractivity contribution is -0.133. The number of para-hydroxylation sites is 1. The molecule has 6 heteroatoms. The molecule has 0 saturated carbocycles. The first kappa shape index (κ1) is 18.9. The molecule has 1 aliphatic heterocycles. The summed E-state index contributed by atoms with van der Waals surface area (Å²) in [5, 5.41) is 2.70. The number of nitrogens with one attached hydrogen (secondary N) is 1. The molecular formula is C21H24FN3O2. The zero-order chi connectivity index (χ0) is 19.1. The summed E-state index contributed by atoms with van der Waals surface area (Å²) in [7, 11) is 0. The highest BCUT2D eigenvalue weighted by Crippen LogP contribution is 2.20. The van der Waals surface area contributed by atoms with Gasteiger partial charge in [0, 0.05) is 32.6 Å². The van der Waals surface area contributed by atoms with Crippen molar-refractivity contribution in [3.05, 3.63) is 66.0 Å². The van der Waals surface area contributed by atoms with Crippen LogP contribution in [0.2, 0.25) is 0 Å². The predicted octanol–water partition coefficient (Wildman–Crippen LogP) is 2.22. The SMILES string of the molecule is O=C(CCc1ccccc1)NCC(=O)N1CCN(c2ccccc2F)CC1. The van der Waals surface area contributed by atoms with E-state index in [-0.39, 0.29) is 24.2 Å². The molecule has 1 fully saturated rings. The van der Waals surface area contributed by atoms with E-state index in [1.54, 1.807) is 23.1 Å². The van der Waals surface area contributed by atoms with Crippen LogP contribution in [0.4, 0.5) is 10.1 Å². The summed E-state index contributed by atoms with van der Waals surface area (Å²) in [5.74, 6) is -0.476. The highest BCUT2D eigenvalue weighted by molar-refractivity contribution is 5.85. The van der Waals surface area contributed by atoms with Gasteiger partial charge >= 0.3 is 0 Å². The van der Waals surface area contributed by atoms with Crippen LogP contribution in [0.1, 0.15) is 12.0 Å². The second-order valence-corrected chi connectivity index (χ2v) is 6.58. The molecule has 0 unspecified atom stereocenters. The van der Waals surface area contributed by atoms with E-state index in [1.807, 2.05) is 35.2 Å². The van der Waals surface area contributed by atoms with Crippen LogP contribution >= 0.6 is 0 Å². The van der Waals surface area contributed by atoms with Gasteiger partial charge in [-0.15, -0.1) is 0 Å². The highest BCUT2D eigenvalue weighted by atomic mass is 19.1. The van der Waals surface area contributed by atoms with Crippen molar-refractivity contribution >= 4 is 17.5 Å². The lowest BCUT2D eigenvalue weighted by Crippen LogP contribution is -2.51. The Bertz CT molecular complexity index is 774. The Balaban J connectivity index is 1.39. The van der Waals surface area contributed by atoms with E-state index in [2.05, 4.69) is 5.32 Å². The fourth-order valence-corrected chi connectivity index (χ4v) is 3.18. The van der Waals surface area contributed by atoms with Crippen molar-refractivity contribution in [3.63, 3.8) is 0 Å². The average Bonchev–Trinajstić information content (AvgIpc) is 2.72. The number of hydrogen-bond donors (Lipinski definition) is 1. The number of hydrogen-bond acceptors (Lipinski definition) is 3. The third-order valence-corrected chi connectivity index (χ3v) is 4.75. The molecule has 0 bridgehead atoms. The fraction of sp³-hybridized carbons (Fsp3) is 0.333. The number of halogens is 1. The van der Waals surface area contributed by atoms with Crippen LogP contribution in [0.25, 0.3) is 0 Å². The third-order valence-electron chi connectivity index (χ3n) is 4.75. The van der Waals surface area contributed by atoms with E-state index >= 15 is 0 Å². The van der Waals surface area contributed by atoms with Crippen LogP contribution in [-0.2, 0) is 16.0 Å². The molecule has 142 valence electrons. The summed E-state index contributed by atoms with van der Waals surface area (Å²) in [6.45, 7) is 2.21. The van der Waals surface area contributed by atoms with Gasteiger partial charge in [0.15, 0.2) is 0 Å². The van der Waals surface area contributed by atoms with Gasteiger partial charge in [-0.2, -0.15) is 0 Å². The van der Waals surface area contributed by atoms with Crippen LogP contribution < -0.4 is 10.2 Å². The van der Waals surface area contributed by atoms with Crippen molar-refractivity contribution in [1.29, 1.82) is 0 Å². The van der Waals surface area contributed by atoms with Crippen LogP contribution in [0.3, 0.4) is 0 Å². The van der Waals surface area contributed by atoms with Gasteiger partial charge in [0.05, 0.1) is 12.2 Å². The Morgan fingerprint density at radius 3 is 2.30 bits per heavy atom. The monoisotopic (exact) mass is 369 g/mol. The molecular weight excluding hydrogens is 345 g/mol. The Hall–Kier alpha value is -2.89. The molecule has 2 amide bonds.